The smallest absolute Gasteiger partial charge is 0.433 e. The Kier molecular flexibility index (Phi) is 5.68. The Morgan fingerprint density at radius 2 is 2.03 bits per heavy atom. The van der Waals surface area contributed by atoms with Gasteiger partial charge in [0.15, 0.2) is 5.13 Å². The van der Waals surface area contributed by atoms with Gasteiger partial charge in [-0.25, -0.2) is 9.97 Å². The van der Waals surface area contributed by atoms with Crippen LogP contribution in [0.25, 0.3) is 21.2 Å². The lowest BCUT2D eigenvalue weighted by Gasteiger charge is -2.18. The first-order valence-electron chi connectivity index (χ1n) is 10.4. The molecule has 0 saturated carbocycles. The monoisotopic (exact) mass is 486 g/mol. The maximum atomic E-state index is 13.7. The van der Waals surface area contributed by atoms with E-state index in [0.717, 1.165) is 27.6 Å². The van der Waals surface area contributed by atoms with Crippen molar-refractivity contribution in [3.63, 3.8) is 0 Å². The topological polar surface area (TPSA) is 59.9 Å². The van der Waals surface area contributed by atoms with E-state index in [1.807, 2.05) is 12.1 Å². The van der Waals surface area contributed by atoms with Crippen LogP contribution >= 0.6 is 11.3 Å². The summed E-state index contributed by atoms with van der Waals surface area (Å²) in [5.74, 6) is -0.110. The first-order chi connectivity index (χ1) is 16.3. The van der Waals surface area contributed by atoms with Crippen molar-refractivity contribution in [2.45, 2.75) is 25.1 Å². The molecule has 4 heterocycles. The fourth-order valence-corrected chi connectivity index (χ4v) is 4.94. The number of thiazole rings is 1. The van der Waals surface area contributed by atoms with Crippen LogP contribution in [0.4, 0.5) is 22.7 Å². The van der Waals surface area contributed by atoms with Crippen molar-refractivity contribution in [2.75, 3.05) is 11.9 Å². The third-order valence-electron chi connectivity index (χ3n) is 5.64. The van der Waals surface area contributed by atoms with Gasteiger partial charge in [-0.1, -0.05) is 29.5 Å². The number of hydrogen-bond donors (Lipinski definition) is 1. The average molecular weight is 486 g/mol. The number of hydrogen-bond acceptors (Lipinski definition) is 6. The Bertz CT molecular complexity index is 1370. The number of aromatic nitrogens is 3. The summed E-state index contributed by atoms with van der Waals surface area (Å²) >= 11 is 1.48. The van der Waals surface area contributed by atoms with Crippen molar-refractivity contribution < 1.29 is 22.3 Å². The van der Waals surface area contributed by atoms with Gasteiger partial charge in [0.05, 0.1) is 10.6 Å². The molecule has 174 valence electrons. The van der Waals surface area contributed by atoms with E-state index in [1.165, 1.54) is 35.9 Å². The summed E-state index contributed by atoms with van der Waals surface area (Å²) in [4.78, 5) is 12.8. The molecule has 34 heavy (non-hydrogen) atoms. The van der Waals surface area contributed by atoms with Crippen LogP contribution in [0.15, 0.2) is 55.4 Å². The van der Waals surface area contributed by atoms with Gasteiger partial charge >= 0.3 is 6.18 Å². The highest BCUT2D eigenvalue weighted by atomic mass is 32.1. The normalized spacial score (nSPS) is 13.6. The third kappa shape index (κ3) is 4.21. The summed E-state index contributed by atoms with van der Waals surface area (Å²) in [5.41, 5.74) is 1.39. The summed E-state index contributed by atoms with van der Waals surface area (Å²) in [7, 11) is 0. The van der Waals surface area contributed by atoms with Crippen molar-refractivity contribution in [1.82, 2.24) is 15.0 Å². The minimum absolute atomic E-state index is 0.157. The quantitative estimate of drug-likeness (QED) is 0.190. The molecule has 10 heteroatoms. The summed E-state index contributed by atoms with van der Waals surface area (Å²) in [5, 5.41) is 5.44. The number of halogens is 4. The maximum Gasteiger partial charge on any atom is 0.433 e. The number of nitrogens with zero attached hydrogens (tertiary/aromatic N) is 3. The minimum atomic E-state index is -4.46. The molecule has 0 saturated heterocycles. The molecule has 5 rings (SSSR count). The standard InChI is InChI=1S/C24H18F4N4OS/c1-2-13(14-4-6-19(30-10-14)24(26,27)28)7-8-29-23-32-18-12-33-21-16(22(18)34-23)5-3-15-11-31-20(25)9-17(15)21/h2-6,9-11,13H,1,7-8,12H2,(H,29,32). The predicted octanol–water partition coefficient (Wildman–Crippen LogP) is 6.58. The largest absolute Gasteiger partial charge is 0.486 e. The number of allylic oxidation sites excluding steroid dienone is 1. The average Bonchev–Trinajstić information content (AvgIpc) is 3.24. The second-order valence-electron chi connectivity index (χ2n) is 7.79. The van der Waals surface area contributed by atoms with Gasteiger partial charge < -0.3 is 10.1 Å². The lowest BCUT2D eigenvalue weighted by molar-refractivity contribution is -0.141. The van der Waals surface area contributed by atoms with Gasteiger partial charge in [0.1, 0.15) is 18.1 Å². The molecule has 0 aliphatic carbocycles. The number of pyridine rings is 2. The van der Waals surface area contributed by atoms with E-state index in [-0.39, 0.29) is 12.5 Å². The van der Waals surface area contributed by atoms with E-state index in [4.69, 9.17) is 4.74 Å². The second kappa shape index (κ2) is 8.68. The van der Waals surface area contributed by atoms with Crippen LogP contribution in [-0.4, -0.2) is 21.5 Å². The van der Waals surface area contributed by atoms with Crippen LogP contribution in [0, 0.1) is 5.95 Å². The van der Waals surface area contributed by atoms with Gasteiger partial charge in [-0.3, -0.25) is 4.98 Å². The summed E-state index contributed by atoms with van der Waals surface area (Å²) in [6, 6.07) is 7.57. The molecule has 0 bridgehead atoms. The number of anilines is 1. The summed E-state index contributed by atoms with van der Waals surface area (Å²) in [6.07, 6.45) is 0.556. The fraction of sp³-hybridized carbons (Fsp3) is 0.208. The van der Waals surface area contributed by atoms with Crippen LogP contribution in [0.2, 0.25) is 0 Å². The highest BCUT2D eigenvalue weighted by Gasteiger charge is 2.32. The van der Waals surface area contributed by atoms with Crippen LogP contribution in [-0.2, 0) is 12.8 Å². The highest BCUT2D eigenvalue weighted by molar-refractivity contribution is 7.19. The van der Waals surface area contributed by atoms with E-state index < -0.39 is 17.8 Å². The fourth-order valence-electron chi connectivity index (χ4n) is 3.92. The van der Waals surface area contributed by atoms with Crippen molar-refractivity contribution in [2.24, 2.45) is 0 Å². The number of nitrogens with one attached hydrogen (secondary N) is 1. The Morgan fingerprint density at radius 1 is 1.18 bits per heavy atom. The zero-order valence-electron chi connectivity index (χ0n) is 17.7. The third-order valence-corrected chi connectivity index (χ3v) is 6.73. The zero-order valence-corrected chi connectivity index (χ0v) is 18.5. The molecule has 0 fully saturated rings. The molecule has 5 nitrogen and oxygen atoms in total. The zero-order chi connectivity index (χ0) is 23.9. The molecule has 0 amide bonds. The maximum absolute atomic E-state index is 13.7. The predicted molar refractivity (Wildman–Crippen MR) is 122 cm³/mol. The van der Waals surface area contributed by atoms with Crippen molar-refractivity contribution in [3.05, 3.63) is 78.3 Å². The molecular formula is C24H18F4N4OS. The van der Waals surface area contributed by atoms with Crippen LogP contribution in [0.5, 0.6) is 5.75 Å². The lowest BCUT2D eigenvalue weighted by atomic mass is 9.97. The molecular weight excluding hydrogens is 468 g/mol. The number of alkyl halides is 3. The van der Waals surface area contributed by atoms with Crippen molar-refractivity contribution in [1.29, 1.82) is 0 Å². The van der Waals surface area contributed by atoms with Crippen LogP contribution in [0.1, 0.15) is 29.3 Å². The molecule has 0 radical (unpaired) electrons. The minimum Gasteiger partial charge on any atom is -0.486 e. The first kappa shape index (κ1) is 22.3. The lowest BCUT2D eigenvalue weighted by Crippen LogP contribution is -2.10. The highest BCUT2D eigenvalue weighted by Crippen LogP contribution is 2.45. The van der Waals surface area contributed by atoms with Crippen molar-refractivity contribution >= 4 is 27.2 Å². The Balaban J connectivity index is 1.30. The van der Waals surface area contributed by atoms with Gasteiger partial charge in [0.25, 0.3) is 0 Å². The van der Waals surface area contributed by atoms with Gasteiger partial charge in [0, 0.05) is 47.3 Å². The summed E-state index contributed by atoms with van der Waals surface area (Å²) < 4.78 is 57.8. The number of fused-ring (bicyclic) bond motifs is 5. The number of benzene rings is 1. The molecule has 1 unspecified atom stereocenters. The number of ether oxygens (including phenoxy) is 1. The van der Waals surface area contributed by atoms with E-state index in [2.05, 4.69) is 26.8 Å². The summed E-state index contributed by atoms with van der Waals surface area (Å²) in [6.45, 7) is 4.61. The molecule has 4 aromatic rings. The Morgan fingerprint density at radius 3 is 2.76 bits per heavy atom. The molecule has 1 N–H and O–H groups in total. The van der Waals surface area contributed by atoms with Crippen LogP contribution < -0.4 is 10.1 Å². The van der Waals surface area contributed by atoms with Crippen LogP contribution in [0.3, 0.4) is 0 Å². The number of rotatable bonds is 6. The van der Waals surface area contributed by atoms with Crippen molar-refractivity contribution in [3.8, 4) is 16.2 Å². The van der Waals surface area contributed by atoms with E-state index in [1.54, 1.807) is 6.08 Å². The van der Waals surface area contributed by atoms with Gasteiger partial charge in [0.2, 0.25) is 5.95 Å². The first-order valence-corrected chi connectivity index (χ1v) is 11.3. The molecule has 1 aromatic carbocycles. The molecule has 3 aromatic heterocycles. The van der Waals surface area contributed by atoms with Gasteiger partial charge in [-0.2, -0.15) is 17.6 Å². The van der Waals surface area contributed by atoms with E-state index in [0.29, 0.717) is 34.8 Å². The van der Waals surface area contributed by atoms with E-state index in [9.17, 15) is 17.6 Å². The second-order valence-corrected chi connectivity index (χ2v) is 8.79. The molecule has 0 spiro atoms. The molecule has 1 aliphatic rings. The Hall–Kier alpha value is -3.53. The van der Waals surface area contributed by atoms with E-state index >= 15 is 0 Å². The van der Waals surface area contributed by atoms with Gasteiger partial charge in [-0.15, -0.1) is 6.58 Å². The molecule has 1 aliphatic heterocycles. The molecule has 1 atom stereocenters. The Labute approximate surface area is 196 Å². The van der Waals surface area contributed by atoms with Gasteiger partial charge in [-0.05, 0) is 24.1 Å². The SMILES string of the molecule is C=CC(CCNc1nc2c(s1)-c1ccc3cnc(F)cc3c1OC2)c1ccc(C(F)(F)F)nc1.